The number of para-hydroxylation sites is 1. The Hall–Kier alpha value is -7.29. The molecule has 0 saturated heterocycles. The number of hydrogen-bond donors (Lipinski definition) is 0. The third-order valence-electron chi connectivity index (χ3n) is 14.6. The Balaban J connectivity index is 0.922. The SMILES string of the molecule is C=C1C(c2ccc(-c3ccccc3)cc2)=NC(c2cccc(-c3cccc(C4=CC5CCC6=C(C(C)CC=C6)C5c5oc6ccccc6c54)c3)c2)=CC1c1ccc(C2C=CC=CC2)cc1. The zero-order valence-electron chi connectivity index (χ0n) is 36.8. The maximum Gasteiger partial charge on any atom is 0.134 e. The number of aliphatic imine (C=N–C) groups is 1. The molecule has 0 bridgehead atoms. The van der Waals surface area contributed by atoms with E-state index in [9.17, 15) is 0 Å². The van der Waals surface area contributed by atoms with Gasteiger partial charge in [-0.25, -0.2) is 4.99 Å². The van der Waals surface area contributed by atoms with Gasteiger partial charge in [0.15, 0.2) is 0 Å². The van der Waals surface area contributed by atoms with Crippen molar-refractivity contribution < 1.29 is 4.42 Å². The molecule has 2 heterocycles. The van der Waals surface area contributed by atoms with Crippen LogP contribution in [0.1, 0.15) is 89.5 Å². The number of benzene rings is 6. The molecule has 12 rings (SSSR count). The summed E-state index contributed by atoms with van der Waals surface area (Å²) in [6.45, 7) is 7.14. The van der Waals surface area contributed by atoms with Crippen molar-refractivity contribution in [1.29, 1.82) is 0 Å². The predicted molar refractivity (Wildman–Crippen MR) is 271 cm³/mol. The Bertz CT molecular complexity index is 3230. The molecule has 0 N–H and O–H groups in total. The number of nitrogens with zero attached hydrogens (tertiary/aromatic N) is 1. The lowest BCUT2D eigenvalue weighted by Crippen LogP contribution is -2.27. The molecule has 0 saturated carbocycles. The van der Waals surface area contributed by atoms with Gasteiger partial charge >= 0.3 is 0 Å². The second-order valence-electron chi connectivity index (χ2n) is 18.6. The lowest BCUT2D eigenvalue weighted by molar-refractivity contribution is 0.381. The smallest absolute Gasteiger partial charge is 0.134 e. The summed E-state index contributed by atoms with van der Waals surface area (Å²) < 4.78 is 6.93. The summed E-state index contributed by atoms with van der Waals surface area (Å²) >= 11 is 0. The Kier molecular flexibility index (Phi) is 9.90. The lowest BCUT2D eigenvalue weighted by atomic mass is 9.64. The largest absolute Gasteiger partial charge is 0.460 e. The molecule has 314 valence electrons. The zero-order valence-corrected chi connectivity index (χ0v) is 36.8. The topological polar surface area (TPSA) is 25.5 Å². The highest BCUT2D eigenvalue weighted by Crippen LogP contribution is 2.55. The first-order chi connectivity index (χ1) is 32.0. The van der Waals surface area contributed by atoms with Crippen LogP contribution in [0.4, 0.5) is 0 Å². The molecule has 1 aromatic heterocycles. The van der Waals surface area contributed by atoms with E-state index in [1.54, 1.807) is 5.57 Å². The Morgan fingerprint density at radius 3 is 2.11 bits per heavy atom. The first-order valence-electron chi connectivity index (χ1n) is 23.5. The van der Waals surface area contributed by atoms with Gasteiger partial charge in [-0.05, 0) is 117 Å². The van der Waals surface area contributed by atoms with E-state index in [1.807, 2.05) is 0 Å². The minimum absolute atomic E-state index is 0.0329. The van der Waals surface area contributed by atoms with Crippen LogP contribution >= 0.6 is 0 Å². The highest BCUT2D eigenvalue weighted by molar-refractivity contribution is 6.16. The number of hydrogen-bond acceptors (Lipinski definition) is 2. The minimum Gasteiger partial charge on any atom is -0.460 e. The van der Waals surface area contributed by atoms with Gasteiger partial charge in [-0.2, -0.15) is 0 Å². The van der Waals surface area contributed by atoms with Crippen LogP contribution < -0.4 is 0 Å². The van der Waals surface area contributed by atoms with E-state index >= 15 is 0 Å². The van der Waals surface area contributed by atoms with Crippen LogP contribution in [0.2, 0.25) is 0 Å². The Labute approximate surface area is 382 Å². The van der Waals surface area contributed by atoms with Crippen LogP contribution in [-0.4, -0.2) is 5.71 Å². The highest BCUT2D eigenvalue weighted by atomic mass is 16.3. The summed E-state index contributed by atoms with van der Waals surface area (Å²) in [5.74, 6) is 2.72. The molecule has 2 heteroatoms. The average molecular weight is 838 g/mol. The van der Waals surface area contributed by atoms with Gasteiger partial charge in [-0.1, -0.05) is 195 Å². The van der Waals surface area contributed by atoms with Gasteiger partial charge in [0.25, 0.3) is 0 Å². The van der Waals surface area contributed by atoms with Crippen molar-refractivity contribution in [2.45, 2.75) is 50.4 Å². The second kappa shape index (κ2) is 16.4. The number of fused-ring (bicyclic) bond motifs is 6. The van der Waals surface area contributed by atoms with Crippen molar-refractivity contribution in [2.75, 3.05) is 0 Å². The van der Waals surface area contributed by atoms with E-state index in [0.29, 0.717) is 17.8 Å². The van der Waals surface area contributed by atoms with Crippen molar-refractivity contribution in [3.63, 3.8) is 0 Å². The van der Waals surface area contributed by atoms with E-state index in [-0.39, 0.29) is 11.8 Å². The molecule has 65 heavy (non-hydrogen) atoms. The molecular weight excluding hydrogens is 787 g/mol. The van der Waals surface area contributed by atoms with Crippen molar-refractivity contribution in [3.8, 4) is 22.3 Å². The quantitative estimate of drug-likeness (QED) is 0.157. The van der Waals surface area contributed by atoms with Crippen molar-refractivity contribution in [3.05, 3.63) is 263 Å². The van der Waals surface area contributed by atoms with Gasteiger partial charge in [0.05, 0.1) is 11.4 Å². The molecule has 6 aromatic carbocycles. The van der Waals surface area contributed by atoms with Crippen LogP contribution in [0, 0.1) is 11.8 Å². The molecule has 5 aliphatic rings. The van der Waals surface area contributed by atoms with E-state index in [1.165, 1.54) is 55.5 Å². The molecule has 0 amide bonds. The molecular formula is C63H51NO. The highest BCUT2D eigenvalue weighted by Gasteiger charge is 2.42. The Morgan fingerprint density at radius 2 is 1.31 bits per heavy atom. The van der Waals surface area contributed by atoms with Gasteiger partial charge in [-0.3, -0.25) is 0 Å². The summed E-state index contributed by atoms with van der Waals surface area (Å²) in [5, 5.41) is 1.20. The number of allylic oxidation sites excluding steroid dienone is 11. The molecule has 7 aromatic rings. The summed E-state index contributed by atoms with van der Waals surface area (Å²) in [4.78, 5) is 5.45. The van der Waals surface area contributed by atoms with Gasteiger partial charge in [0.1, 0.15) is 11.3 Å². The third kappa shape index (κ3) is 7.09. The predicted octanol–water partition coefficient (Wildman–Crippen LogP) is 16.4. The van der Waals surface area contributed by atoms with Crippen LogP contribution in [0.3, 0.4) is 0 Å². The fourth-order valence-corrected chi connectivity index (χ4v) is 11.3. The van der Waals surface area contributed by atoms with E-state index in [4.69, 9.17) is 16.0 Å². The molecule has 4 aliphatic carbocycles. The van der Waals surface area contributed by atoms with Crippen LogP contribution in [-0.2, 0) is 0 Å². The summed E-state index contributed by atoms with van der Waals surface area (Å²) in [5.41, 5.74) is 20.2. The van der Waals surface area contributed by atoms with E-state index < -0.39 is 0 Å². The molecule has 1 aliphatic heterocycles. The number of rotatable bonds is 7. The molecule has 5 atom stereocenters. The van der Waals surface area contributed by atoms with Crippen molar-refractivity contribution in [1.82, 2.24) is 0 Å². The second-order valence-corrected chi connectivity index (χ2v) is 18.6. The maximum absolute atomic E-state index is 6.93. The van der Waals surface area contributed by atoms with Crippen molar-refractivity contribution in [2.24, 2.45) is 16.8 Å². The van der Waals surface area contributed by atoms with E-state index in [2.05, 4.69) is 207 Å². The van der Waals surface area contributed by atoms with Crippen LogP contribution in [0.15, 0.2) is 233 Å². The summed E-state index contributed by atoms with van der Waals surface area (Å²) in [6.07, 6.45) is 22.9. The van der Waals surface area contributed by atoms with Gasteiger partial charge in [0, 0.05) is 39.8 Å². The molecule has 0 radical (unpaired) electrons. The minimum atomic E-state index is -0.0329. The van der Waals surface area contributed by atoms with Gasteiger partial charge in [-0.15, -0.1) is 0 Å². The average Bonchev–Trinajstić information content (AvgIpc) is 3.77. The van der Waals surface area contributed by atoms with Crippen LogP contribution in [0.25, 0.3) is 44.5 Å². The maximum atomic E-state index is 6.93. The fourth-order valence-electron chi connectivity index (χ4n) is 11.3. The van der Waals surface area contributed by atoms with Crippen LogP contribution in [0.5, 0.6) is 0 Å². The molecule has 0 spiro atoms. The standard InChI is InChI=1S/C63H51NO/c1-40-14-11-19-47-32-35-53-38-56(61-54-24-9-10-25-58(54)65-63(61)60(53)59(40)47)51-22-12-20-49(36-51)50-21-13-23-52(37-50)57-39-55(46-30-26-44(27-31-46)42-15-5-3-6-16-42)41(2)62(64-57)48-33-28-45(29-34-48)43-17-7-4-8-18-43/h3-13,15,17-31,33-34,36-40,42,53,55,60H,2,14,16,32,35H2,1H3. The fraction of sp³-hybridized carbons (Fsp3) is 0.159. The molecule has 5 unspecified atom stereocenters. The summed E-state index contributed by atoms with van der Waals surface area (Å²) in [7, 11) is 0. The van der Waals surface area contributed by atoms with Gasteiger partial charge < -0.3 is 4.42 Å². The monoisotopic (exact) mass is 837 g/mol. The third-order valence-corrected chi connectivity index (χ3v) is 14.6. The number of furan rings is 1. The van der Waals surface area contributed by atoms with Crippen molar-refractivity contribution >= 4 is 28.0 Å². The Morgan fingerprint density at radius 1 is 0.615 bits per heavy atom. The van der Waals surface area contributed by atoms with E-state index in [0.717, 1.165) is 70.7 Å². The summed E-state index contributed by atoms with van der Waals surface area (Å²) in [6, 6.07) is 55.3. The first kappa shape index (κ1) is 39.3. The first-order valence-corrected chi connectivity index (χ1v) is 23.5. The molecule has 2 nitrogen and oxygen atoms in total. The zero-order chi connectivity index (χ0) is 43.4. The normalized spacial score (nSPS) is 22.2. The molecule has 0 fully saturated rings. The van der Waals surface area contributed by atoms with Gasteiger partial charge in [0.2, 0.25) is 0 Å². The lowest BCUT2D eigenvalue weighted by Gasteiger charge is -2.40.